The topological polar surface area (TPSA) is 52.5 Å². The molecule has 1 aliphatic heterocycles. The molecule has 1 aromatic heterocycles. The van der Waals surface area contributed by atoms with Crippen molar-refractivity contribution in [3.63, 3.8) is 0 Å². The van der Waals surface area contributed by atoms with Crippen LogP contribution in [0.2, 0.25) is 0 Å². The fourth-order valence-corrected chi connectivity index (χ4v) is 2.89. The molecular weight excluding hydrogens is 288 g/mol. The maximum Gasteiger partial charge on any atom is 0.0916 e. The highest BCUT2D eigenvalue weighted by Crippen LogP contribution is 2.15. The van der Waals surface area contributed by atoms with Crippen LogP contribution in [0.3, 0.4) is 0 Å². The zero-order valence-electron chi connectivity index (χ0n) is 13.6. The average molecular weight is 312 g/mol. The van der Waals surface area contributed by atoms with Gasteiger partial charge in [-0.05, 0) is 12.5 Å². The van der Waals surface area contributed by atoms with Crippen LogP contribution in [-0.4, -0.2) is 57.6 Å². The second-order valence-electron chi connectivity index (χ2n) is 6.15. The SMILES string of the molecule is Cc1cnc(CN2CCN(C[C@@H](O)c3ccccc3)CC2)cn1. The van der Waals surface area contributed by atoms with Gasteiger partial charge in [-0.3, -0.25) is 19.8 Å². The molecule has 0 saturated carbocycles. The van der Waals surface area contributed by atoms with E-state index in [1.54, 1.807) is 0 Å². The molecule has 0 amide bonds. The molecule has 23 heavy (non-hydrogen) atoms. The Balaban J connectivity index is 1.46. The van der Waals surface area contributed by atoms with Crippen LogP contribution in [0.25, 0.3) is 0 Å². The van der Waals surface area contributed by atoms with Crippen LogP contribution in [0.15, 0.2) is 42.7 Å². The number of rotatable bonds is 5. The highest BCUT2D eigenvalue weighted by Gasteiger charge is 2.20. The van der Waals surface area contributed by atoms with E-state index in [2.05, 4.69) is 19.8 Å². The van der Waals surface area contributed by atoms with Crippen molar-refractivity contribution in [1.82, 2.24) is 19.8 Å². The van der Waals surface area contributed by atoms with E-state index in [1.807, 2.05) is 49.6 Å². The summed E-state index contributed by atoms with van der Waals surface area (Å²) in [5.41, 5.74) is 2.96. The van der Waals surface area contributed by atoms with Gasteiger partial charge in [0.05, 0.1) is 17.5 Å². The summed E-state index contributed by atoms with van der Waals surface area (Å²) in [4.78, 5) is 13.4. The molecule has 5 nitrogen and oxygen atoms in total. The summed E-state index contributed by atoms with van der Waals surface area (Å²) >= 11 is 0. The Bertz CT molecular complexity index is 594. The van der Waals surface area contributed by atoms with Crippen molar-refractivity contribution < 1.29 is 5.11 Å². The Morgan fingerprint density at radius 3 is 2.35 bits per heavy atom. The van der Waals surface area contributed by atoms with Crippen LogP contribution >= 0.6 is 0 Å². The number of aliphatic hydroxyl groups is 1. The second kappa shape index (κ2) is 7.64. The summed E-state index contributed by atoms with van der Waals surface area (Å²) in [5.74, 6) is 0. The maximum absolute atomic E-state index is 10.3. The fourth-order valence-electron chi connectivity index (χ4n) is 2.89. The molecule has 5 heteroatoms. The van der Waals surface area contributed by atoms with Crippen molar-refractivity contribution in [2.24, 2.45) is 0 Å². The minimum atomic E-state index is -0.411. The standard InChI is InChI=1S/C18H24N4O/c1-15-11-20-17(12-19-15)13-21-7-9-22(10-8-21)14-18(23)16-5-3-2-4-6-16/h2-6,11-12,18,23H,7-10,13-14H2,1H3/t18-/m1/s1. The van der Waals surface area contributed by atoms with E-state index in [9.17, 15) is 5.11 Å². The zero-order chi connectivity index (χ0) is 16.1. The minimum Gasteiger partial charge on any atom is -0.387 e. The minimum absolute atomic E-state index is 0.411. The Kier molecular flexibility index (Phi) is 5.33. The number of nitrogens with zero attached hydrogens (tertiary/aromatic N) is 4. The van der Waals surface area contributed by atoms with Gasteiger partial charge < -0.3 is 5.11 Å². The van der Waals surface area contributed by atoms with Crippen LogP contribution in [-0.2, 0) is 6.54 Å². The third-order valence-electron chi connectivity index (χ3n) is 4.30. The van der Waals surface area contributed by atoms with Gasteiger partial charge in [-0.25, -0.2) is 0 Å². The Labute approximate surface area is 137 Å². The number of benzene rings is 1. The van der Waals surface area contributed by atoms with Crippen molar-refractivity contribution in [1.29, 1.82) is 0 Å². The van der Waals surface area contributed by atoms with Gasteiger partial charge in [-0.1, -0.05) is 30.3 Å². The monoisotopic (exact) mass is 312 g/mol. The van der Waals surface area contributed by atoms with E-state index in [0.717, 1.165) is 49.7 Å². The molecule has 3 rings (SSSR count). The van der Waals surface area contributed by atoms with Crippen molar-refractivity contribution in [3.05, 3.63) is 59.7 Å². The number of piperazine rings is 1. The molecule has 0 bridgehead atoms. The molecule has 1 atom stereocenters. The first-order valence-electron chi connectivity index (χ1n) is 8.16. The molecule has 1 aliphatic rings. The fraction of sp³-hybridized carbons (Fsp3) is 0.444. The first-order valence-corrected chi connectivity index (χ1v) is 8.16. The number of aryl methyl sites for hydroxylation is 1. The summed E-state index contributed by atoms with van der Waals surface area (Å²) in [6.07, 6.45) is 3.27. The lowest BCUT2D eigenvalue weighted by molar-refractivity contribution is 0.0696. The highest BCUT2D eigenvalue weighted by atomic mass is 16.3. The number of hydrogen-bond donors (Lipinski definition) is 1. The molecule has 1 fully saturated rings. The Hall–Kier alpha value is -1.82. The van der Waals surface area contributed by atoms with Gasteiger partial charge >= 0.3 is 0 Å². The van der Waals surface area contributed by atoms with Crippen LogP contribution in [0.4, 0.5) is 0 Å². The van der Waals surface area contributed by atoms with E-state index in [1.165, 1.54) is 0 Å². The van der Waals surface area contributed by atoms with Gasteiger partial charge in [0.1, 0.15) is 0 Å². The van der Waals surface area contributed by atoms with Gasteiger partial charge in [0, 0.05) is 51.7 Å². The molecule has 2 aromatic rings. The van der Waals surface area contributed by atoms with Gasteiger partial charge in [0.25, 0.3) is 0 Å². The number of aliphatic hydroxyl groups excluding tert-OH is 1. The first kappa shape index (κ1) is 16.1. The molecule has 0 radical (unpaired) electrons. The van der Waals surface area contributed by atoms with Crippen molar-refractivity contribution in [2.45, 2.75) is 19.6 Å². The van der Waals surface area contributed by atoms with Crippen LogP contribution in [0, 0.1) is 6.92 Å². The van der Waals surface area contributed by atoms with Crippen LogP contribution in [0.5, 0.6) is 0 Å². The normalized spacial score (nSPS) is 18.0. The van der Waals surface area contributed by atoms with Crippen LogP contribution < -0.4 is 0 Å². The molecule has 1 saturated heterocycles. The molecule has 1 N–H and O–H groups in total. The van der Waals surface area contributed by atoms with E-state index < -0.39 is 6.10 Å². The molecule has 2 heterocycles. The zero-order valence-corrected chi connectivity index (χ0v) is 13.6. The lowest BCUT2D eigenvalue weighted by atomic mass is 10.1. The smallest absolute Gasteiger partial charge is 0.0916 e. The van der Waals surface area contributed by atoms with E-state index in [4.69, 9.17) is 0 Å². The number of hydrogen-bond acceptors (Lipinski definition) is 5. The average Bonchev–Trinajstić information content (AvgIpc) is 2.59. The quantitative estimate of drug-likeness (QED) is 0.909. The summed E-state index contributed by atoms with van der Waals surface area (Å²) in [7, 11) is 0. The third kappa shape index (κ3) is 4.58. The summed E-state index contributed by atoms with van der Waals surface area (Å²) in [6.45, 7) is 7.44. The number of aromatic nitrogens is 2. The lowest BCUT2D eigenvalue weighted by Gasteiger charge is -2.35. The van der Waals surface area contributed by atoms with Gasteiger partial charge in [0.15, 0.2) is 0 Å². The van der Waals surface area contributed by atoms with Gasteiger partial charge in [0.2, 0.25) is 0 Å². The van der Waals surface area contributed by atoms with Gasteiger partial charge in [-0.2, -0.15) is 0 Å². The van der Waals surface area contributed by atoms with E-state index >= 15 is 0 Å². The van der Waals surface area contributed by atoms with Crippen LogP contribution in [0.1, 0.15) is 23.1 Å². The predicted octanol–water partition coefficient (Wildman–Crippen LogP) is 1.64. The van der Waals surface area contributed by atoms with Gasteiger partial charge in [-0.15, -0.1) is 0 Å². The first-order chi connectivity index (χ1) is 11.2. The van der Waals surface area contributed by atoms with Crippen molar-refractivity contribution in [3.8, 4) is 0 Å². The lowest BCUT2D eigenvalue weighted by Crippen LogP contribution is -2.47. The summed E-state index contributed by atoms with van der Waals surface area (Å²) in [6, 6.07) is 9.88. The van der Waals surface area contributed by atoms with Crippen molar-refractivity contribution in [2.75, 3.05) is 32.7 Å². The van der Waals surface area contributed by atoms with E-state index in [-0.39, 0.29) is 0 Å². The highest BCUT2D eigenvalue weighted by molar-refractivity contribution is 5.17. The molecule has 1 aromatic carbocycles. The molecular formula is C18H24N4O. The van der Waals surface area contributed by atoms with Crippen molar-refractivity contribution >= 4 is 0 Å². The number of β-amino-alcohol motifs (C(OH)–C–C–N with tert-alkyl or cyclic N) is 1. The third-order valence-corrected chi connectivity index (χ3v) is 4.30. The summed E-state index contributed by atoms with van der Waals surface area (Å²) < 4.78 is 0. The Morgan fingerprint density at radius 2 is 1.70 bits per heavy atom. The summed E-state index contributed by atoms with van der Waals surface area (Å²) in [5, 5.41) is 10.3. The molecule has 0 aliphatic carbocycles. The Morgan fingerprint density at radius 1 is 1.00 bits per heavy atom. The molecule has 0 unspecified atom stereocenters. The van der Waals surface area contributed by atoms with E-state index in [0.29, 0.717) is 6.54 Å². The largest absolute Gasteiger partial charge is 0.387 e. The molecule has 122 valence electrons. The second-order valence-corrected chi connectivity index (χ2v) is 6.15. The predicted molar refractivity (Wildman–Crippen MR) is 89.9 cm³/mol. The molecule has 0 spiro atoms. The maximum atomic E-state index is 10.3.